The third-order valence-corrected chi connectivity index (χ3v) is 12.3. The number of methoxy groups -OCH3 is 1. The largest absolute Gasteiger partial charge is 0.497 e. The fraction of sp³-hybridized carbons (Fsp3) is 0.351. The number of rotatable bonds is 21. The molecule has 0 N–H and O–H groups in total. The second-order valence-electron chi connectivity index (χ2n) is 17.9. The van der Waals surface area contributed by atoms with Gasteiger partial charge in [-0.25, -0.2) is 14.4 Å². The lowest BCUT2D eigenvalue weighted by Crippen LogP contribution is -2.68. The van der Waals surface area contributed by atoms with Crippen molar-refractivity contribution in [3.8, 4) is 11.5 Å². The standard InChI is InChI=1S/C57H56O19/c1-34(58)24-30-44(60)66-32-42-46(71-45(61)31-25-35(2)59)48(72-52(62)36-16-8-4-9-17-36)50(73-53(63)37-18-10-5-11-19-37)57(70-42)76-49-47-43(33-67-55(75-47)39-22-14-7-15-23-39)69-56(68-41-28-26-40(65-3)27-29-41)51(49)74-54(64)38-20-12-6-13-21-38/h4-23,26-29,42-43,46-51,55-57H,24-25,30-33H2,1-3H3/t42-,43-,46+,47+,48+,49+,50-,51-,55?,56-,57+/m1/s1. The van der Waals surface area contributed by atoms with Crippen LogP contribution < -0.4 is 9.47 Å². The molecule has 398 valence electrons. The van der Waals surface area contributed by atoms with Crippen molar-refractivity contribution < 1.29 is 90.4 Å². The van der Waals surface area contributed by atoms with Gasteiger partial charge in [0.2, 0.25) is 6.29 Å². The molecule has 76 heavy (non-hydrogen) atoms. The van der Waals surface area contributed by atoms with Gasteiger partial charge in [-0.15, -0.1) is 0 Å². The Labute approximate surface area is 437 Å². The number of hydrogen-bond acceptors (Lipinski definition) is 19. The van der Waals surface area contributed by atoms with E-state index in [0.717, 1.165) is 0 Å². The molecule has 0 amide bonds. The van der Waals surface area contributed by atoms with E-state index in [9.17, 15) is 33.6 Å². The van der Waals surface area contributed by atoms with Crippen LogP contribution in [0.25, 0.3) is 0 Å². The average Bonchev–Trinajstić information content (AvgIpc) is 3.46. The van der Waals surface area contributed by atoms with Gasteiger partial charge in [-0.1, -0.05) is 84.9 Å². The molecule has 0 spiro atoms. The highest BCUT2D eigenvalue weighted by Crippen LogP contribution is 2.40. The summed E-state index contributed by atoms with van der Waals surface area (Å²) in [5.41, 5.74) is 0.818. The van der Waals surface area contributed by atoms with Crippen LogP contribution >= 0.6 is 0 Å². The number of fused-ring (bicyclic) bond motifs is 1. The van der Waals surface area contributed by atoms with Gasteiger partial charge < -0.3 is 66.4 Å². The summed E-state index contributed by atoms with van der Waals surface area (Å²) in [6.45, 7) is 1.75. The first kappa shape index (κ1) is 54.5. The van der Waals surface area contributed by atoms with Crippen LogP contribution in [0.1, 0.15) is 82.5 Å². The van der Waals surface area contributed by atoms with E-state index in [1.807, 2.05) is 6.07 Å². The van der Waals surface area contributed by atoms with E-state index in [1.165, 1.54) is 57.4 Å². The fourth-order valence-electron chi connectivity index (χ4n) is 8.48. The number of benzene rings is 5. The van der Waals surface area contributed by atoms with Gasteiger partial charge in [0.15, 0.2) is 37.0 Å². The lowest BCUT2D eigenvalue weighted by molar-refractivity contribution is -0.384. The van der Waals surface area contributed by atoms with E-state index >= 15 is 0 Å². The Hall–Kier alpha value is -7.81. The maximum absolute atomic E-state index is 14.4. The zero-order valence-corrected chi connectivity index (χ0v) is 41.7. The van der Waals surface area contributed by atoms with Crippen molar-refractivity contribution in [1.82, 2.24) is 0 Å². The maximum Gasteiger partial charge on any atom is 0.338 e. The predicted octanol–water partition coefficient (Wildman–Crippen LogP) is 6.89. The SMILES string of the molecule is COc1ccc(O[C@@H]2O[C@@H]3COC(c4ccccc4)O[C@@H]3[C@H](O[C@@H]3O[C@H](COC(=O)CCC(C)=O)[C@H](OC(=O)CCC(C)=O)[C@H](OC(=O)c4ccccc4)[C@H]3OC(=O)c3ccccc3)[C@H]2OC(=O)c2ccccc2)cc1. The molecule has 0 saturated carbocycles. The quantitative estimate of drug-likeness (QED) is 0.0538. The van der Waals surface area contributed by atoms with Crippen molar-refractivity contribution in [2.24, 2.45) is 0 Å². The number of Topliss-reactive ketones (excluding diaryl/α,β-unsaturated/α-hetero) is 2. The number of ether oxygens (including phenoxy) is 12. The molecule has 3 aliphatic heterocycles. The molecule has 19 heteroatoms. The van der Waals surface area contributed by atoms with Gasteiger partial charge in [0.1, 0.15) is 54.1 Å². The summed E-state index contributed by atoms with van der Waals surface area (Å²) in [5, 5.41) is 0. The van der Waals surface area contributed by atoms with Crippen LogP contribution in [0, 0.1) is 0 Å². The van der Waals surface area contributed by atoms with Gasteiger partial charge in [0.25, 0.3) is 0 Å². The van der Waals surface area contributed by atoms with Crippen molar-refractivity contribution >= 4 is 41.4 Å². The van der Waals surface area contributed by atoms with Gasteiger partial charge in [0.05, 0.1) is 43.2 Å². The summed E-state index contributed by atoms with van der Waals surface area (Å²) >= 11 is 0. The topological polar surface area (TPSA) is 230 Å². The van der Waals surface area contributed by atoms with Gasteiger partial charge in [-0.3, -0.25) is 9.59 Å². The average molecular weight is 1050 g/mol. The summed E-state index contributed by atoms with van der Waals surface area (Å²) in [6.07, 6.45) is -18.1. The highest BCUT2D eigenvalue weighted by Gasteiger charge is 2.59. The second kappa shape index (κ2) is 26.1. The Morgan fingerprint density at radius 1 is 0.487 bits per heavy atom. The molecule has 5 aromatic carbocycles. The van der Waals surface area contributed by atoms with Crippen LogP contribution in [0.3, 0.4) is 0 Å². The first-order valence-electron chi connectivity index (χ1n) is 24.5. The van der Waals surface area contributed by atoms with E-state index in [4.69, 9.17) is 56.8 Å². The summed E-state index contributed by atoms with van der Waals surface area (Å²) in [5.74, 6) is -4.42. The minimum absolute atomic E-state index is 0.0368. The fourth-order valence-corrected chi connectivity index (χ4v) is 8.48. The van der Waals surface area contributed by atoms with E-state index in [2.05, 4.69) is 0 Å². The Bertz CT molecular complexity index is 2760. The van der Waals surface area contributed by atoms with Gasteiger partial charge in [0, 0.05) is 18.4 Å². The van der Waals surface area contributed by atoms with E-state index < -0.39 is 111 Å². The molecule has 3 saturated heterocycles. The normalized spacial score (nSPS) is 24.8. The van der Waals surface area contributed by atoms with Crippen LogP contribution in [0.4, 0.5) is 0 Å². The molecule has 0 aromatic heterocycles. The molecule has 0 radical (unpaired) electrons. The van der Waals surface area contributed by atoms with Crippen LogP contribution in [0.2, 0.25) is 0 Å². The lowest BCUT2D eigenvalue weighted by Gasteiger charge is -2.51. The number of esters is 5. The molecule has 3 fully saturated rings. The first-order chi connectivity index (χ1) is 36.8. The zero-order valence-electron chi connectivity index (χ0n) is 41.7. The Balaban J connectivity index is 1.27. The highest BCUT2D eigenvalue weighted by molar-refractivity contribution is 5.91. The summed E-state index contributed by atoms with van der Waals surface area (Å²) in [4.78, 5) is 94.0. The Kier molecular flexibility index (Phi) is 18.7. The third-order valence-electron chi connectivity index (χ3n) is 12.3. The third kappa shape index (κ3) is 14.3. The molecule has 0 bridgehead atoms. The van der Waals surface area contributed by atoms with Crippen molar-refractivity contribution in [2.75, 3.05) is 20.3 Å². The highest BCUT2D eigenvalue weighted by atomic mass is 16.8. The number of carbonyl (C=O) groups excluding carboxylic acids is 7. The van der Waals surface area contributed by atoms with Crippen LogP contribution in [0.15, 0.2) is 146 Å². The predicted molar refractivity (Wildman–Crippen MR) is 263 cm³/mol. The molecular weight excluding hydrogens is 989 g/mol. The molecular formula is C57H56O19. The molecule has 1 unspecified atom stereocenters. The lowest BCUT2D eigenvalue weighted by atomic mass is 9.95. The van der Waals surface area contributed by atoms with Crippen LogP contribution in [0.5, 0.6) is 11.5 Å². The number of ketones is 2. The molecule has 0 aliphatic carbocycles. The smallest absolute Gasteiger partial charge is 0.338 e. The minimum atomic E-state index is -1.92. The van der Waals surface area contributed by atoms with E-state index in [-0.39, 0.29) is 59.9 Å². The second-order valence-corrected chi connectivity index (χ2v) is 17.9. The summed E-state index contributed by atoms with van der Waals surface area (Å²) in [7, 11) is 1.50. The Morgan fingerprint density at radius 3 is 1.50 bits per heavy atom. The molecule has 5 aromatic rings. The molecule has 19 nitrogen and oxygen atoms in total. The summed E-state index contributed by atoms with van der Waals surface area (Å²) in [6, 6.07) is 39.1. The number of carbonyl (C=O) groups is 7. The first-order valence-corrected chi connectivity index (χ1v) is 24.5. The molecule has 3 heterocycles. The minimum Gasteiger partial charge on any atom is -0.497 e. The van der Waals surface area contributed by atoms with Gasteiger partial charge in [-0.05, 0) is 74.5 Å². The molecule has 3 aliphatic rings. The van der Waals surface area contributed by atoms with Crippen molar-refractivity contribution in [3.63, 3.8) is 0 Å². The number of hydrogen-bond donors (Lipinski definition) is 0. The van der Waals surface area contributed by atoms with E-state index in [0.29, 0.717) is 11.3 Å². The van der Waals surface area contributed by atoms with Gasteiger partial charge in [-0.2, -0.15) is 0 Å². The monoisotopic (exact) mass is 1040 g/mol. The van der Waals surface area contributed by atoms with E-state index in [1.54, 1.807) is 103 Å². The molecule has 8 rings (SSSR count). The summed E-state index contributed by atoms with van der Waals surface area (Å²) < 4.78 is 75.6. The van der Waals surface area contributed by atoms with Crippen molar-refractivity contribution in [1.29, 1.82) is 0 Å². The van der Waals surface area contributed by atoms with Crippen LogP contribution in [-0.2, 0) is 66.5 Å². The van der Waals surface area contributed by atoms with Crippen molar-refractivity contribution in [3.05, 3.63) is 168 Å². The zero-order chi connectivity index (χ0) is 53.6. The van der Waals surface area contributed by atoms with Gasteiger partial charge >= 0.3 is 29.8 Å². The van der Waals surface area contributed by atoms with Crippen molar-refractivity contribution in [2.45, 2.75) is 107 Å². The van der Waals surface area contributed by atoms with Crippen LogP contribution in [-0.4, -0.2) is 123 Å². The maximum atomic E-state index is 14.4. The molecule has 11 atom stereocenters. The Morgan fingerprint density at radius 2 is 0.974 bits per heavy atom.